The zero-order valence-corrected chi connectivity index (χ0v) is 13.4. The van der Waals surface area contributed by atoms with Crippen LogP contribution in [0.15, 0.2) is 27.8 Å². The van der Waals surface area contributed by atoms with E-state index in [0.29, 0.717) is 17.4 Å². The standard InChI is InChI=1S/C12H15BrN2O4S/c1-19-12(16)11-4-2-3-5-15(11)20(17,18)10-6-9(13)7-14-8-10/h6-8,11H,2-5H2,1H3/t11-/m1/s1. The van der Waals surface area contributed by atoms with E-state index in [9.17, 15) is 13.2 Å². The molecule has 1 saturated heterocycles. The molecule has 1 aliphatic rings. The highest BCUT2D eigenvalue weighted by atomic mass is 79.9. The monoisotopic (exact) mass is 362 g/mol. The lowest BCUT2D eigenvalue weighted by atomic mass is 10.1. The maximum Gasteiger partial charge on any atom is 0.324 e. The number of hydrogen-bond donors (Lipinski definition) is 0. The molecule has 0 spiro atoms. The summed E-state index contributed by atoms with van der Waals surface area (Å²) in [6, 6.07) is 0.725. The van der Waals surface area contributed by atoms with Gasteiger partial charge in [-0.25, -0.2) is 8.42 Å². The Balaban J connectivity index is 2.38. The fourth-order valence-electron chi connectivity index (χ4n) is 2.23. The minimum Gasteiger partial charge on any atom is -0.468 e. The third kappa shape index (κ3) is 3.02. The maximum absolute atomic E-state index is 12.6. The topological polar surface area (TPSA) is 76.6 Å². The molecule has 1 aliphatic heterocycles. The minimum absolute atomic E-state index is 0.0719. The molecule has 1 fully saturated rings. The Morgan fingerprint density at radius 3 is 2.85 bits per heavy atom. The van der Waals surface area contributed by atoms with E-state index in [0.717, 1.165) is 12.8 Å². The Bertz CT molecular complexity index is 605. The van der Waals surface area contributed by atoms with Crippen molar-refractivity contribution in [3.05, 3.63) is 22.9 Å². The smallest absolute Gasteiger partial charge is 0.324 e. The fourth-order valence-corrected chi connectivity index (χ4v) is 4.39. The van der Waals surface area contributed by atoms with Gasteiger partial charge >= 0.3 is 5.97 Å². The van der Waals surface area contributed by atoms with Gasteiger partial charge in [0.1, 0.15) is 10.9 Å². The fraction of sp³-hybridized carbons (Fsp3) is 0.500. The highest BCUT2D eigenvalue weighted by Gasteiger charge is 2.38. The van der Waals surface area contributed by atoms with E-state index in [-0.39, 0.29) is 4.90 Å². The van der Waals surface area contributed by atoms with E-state index in [1.54, 1.807) is 0 Å². The van der Waals surface area contributed by atoms with Crippen LogP contribution in [0, 0.1) is 0 Å². The van der Waals surface area contributed by atoms with E-state index in [2.05, 4.69) is 20.9 Å². The van der Waals surface area contributed by atoms with Gasteiger partial charge in [0, 0.05) is 23.4 Å². The Hall–Kier alpha value is -0.990. The van der Waals surface area contributed by atoms with E-state index in [1.165, 1.54) is 29.9 Å². The van der Waals surface area contributed by atoms with Crippen molar-refractivity contribution in [2.45, 2.75) is 30.2 Å². The summed E-state index contributed by atoms with van der Waals surface area (Å²) in [7, 11) is -2.48. The third-order valence-electron chi connectivity index (χ3n) is 3.21. The molecule has 20 heavy (non-hydrogen) atoms. The number of hydrogen-bond acceptors (Lipinski definition) is 5. The number of piperidine rings is 1. The zero-order valence-electron chi connectivity index (χ0n) is 11.0. The number of aromatic nitrogens is 1. The Kier molecular flexibility index (Phi) is 4.77. The van der Waals surface area contributed by atoms with E-state index < -0.39 is 22.0 Å². The number of rotatable bonds is 3. The highest BCUT2D eigenvalue weighted by Crippen LogP contribution is 2.26. The Morgan fingerprint density at radius 2 is 2.20 bits per heavy atom. The largest absolute Gasteiger partial charge is 0.468 e. The molecule has 2 rings (SSSR count). The quantitative estimate of drug-likeness (QED) is 0.762. The van der Waals surface area contributed by atoms with Crippen molar-refractivity contribution in [1.82, 2.24) is 9.29 Å². The lowest BCUT2D eigenvalue weighted by molar-refractivity contribution is -0.146. The van der Waals surface area contributed by atoms with Gasteiger partial charge < -0.3 is 4.74 Å². The van der Waals surface area contributed by atoms with Crippen LogP contribution in [0.4, 0.5) is 0 Å². The first kappa shape index (κ1) is 15.4. The van der Waals surface area contributed by atoms with Gasteiger partial charge in [-0.2, -0.15) is 4.31 Å². The molecular weight excluding hydrogens is 348 g/mol. The van der Waals surface area contributed by atoms with Crippen LogP contribution >= 0.6 is 15.9 Å². The van der Waals surface area contributed by atoms with Crippen LogP contribution in [0.2, 0.25) is 0 Å². The van der Waals surface area contributed by atoms with Crippen LogP contribution in [-0.4, -0.2) is 43.4 Å². The number of pyridine rings is 1. The number of carbonyl (C=O) groups excluding carboxylic acids is 1. The van der Waals surface area contributed by atoms with Crippen LogP contribution in [0.25, 0.3) is 0 Å². The van der Waals surface area contributed by atoms with Gasteiger partial charge in [-0.1, -0.05) is 0 Å². The van der Waals surface area contributed by atoms with Crippen LogP contribution in [0.3, 0.4) is 0 Å². The second-order valence-corrected chi connectivity index (χ2v) is 7.30. The summed E-state index contributed by atoms with van der Waals surface area (Å²) in [4.78, 5) is 15.7. The van der Waals surface area contributed by atoms with Gasteiger partial charge in [0.2, 0.25) is 10.0 Å². The molecule has 0 radical (unpaired) electrons. The molecule has 0 aromatic carbocycles. The molecule has 0 bridgehead atoms. The van der Waals surface area contributed by atoms with Crippen molar-refractivity contribution in [2.75, 3.05) is 13.7 Å². The summed E-state index contributed by atoms with van der Waals surface area (Å²) in [5.74, 6) is -0.517. The summed E-state index contributed by atoms with van der Waals surface area (Å²) in [6.45, 7) is 0.314. The number of halogens is 1. The average Bonchev–Trinajstić information content (AvgIpc) is 2.46. The molecule has 8 heteroatoms. The first-order valence-electron chi connectivity index (χ1n) is 6.17. The molecule has 0 saturated carbocycles. The van der Waals surface area contributed by atoms with Gasteiger partial charge in [0.05, 0.1) is 7.11 Å². The number of methoxy groups -OCH3 is 1. The molecular formula is C12H15BrN2O4S. The van der Waals surface area contributed by atoms with Gasteiger partial charge in [-0.3, -0.25) is 9.78 Å². The molecule has 110 valence electrons. The number of carbonyl (C=O) groups is 1. The lowest BCUT2D eigenvalue weighted by Crippen LogP contribution is -2.48. The number of sulfonamides is 1. The second kappa shape index (κ2) is 6.19. The summed E-state index contributed by atoms with van der Waals surface area (Å²) < 4.78 is 31.7. The minimum atomic E-state index is -3.75. The SMILES string of the molecule is COC(=O)[C@H]1CCCCN1S(=O)(=O)c1cncc(Br)c1. The molecule has 1 aromatic heterocycles. The first-order valence-corrected chi connectivity index (χ1v) is 8.40. The van der Waals surface area contributed by atoms with Gasteiger partial charge in [0.15, 0.2) is 0 Å². The lowest BCUT2D eigenvalue weighted by Gasteiger charge is -2.32. The summed E-state index contributed by atoms with van der Waals surface area (Å²) in [6.07, 6.45) is 4.81. The van der Waals surface area contributed by atoms with Gasteiger partial charge in [-0.15, -0.1) is 0 Å². The molecule has 1 atom stereocenters. The predicted molar refractivity (Wildman–Crippen MR) is 75.5 cm³/mol. The number of esters is 1. The van der Waals surface area contributed by atoms with Crippen LogP contribution < -0.4 is 0 Å². The summed E-state index contributed by atoms with van der Waals surface area (Å²) >= 11 is 3.20. The van der Waals surface area contributed by atoms with Crippen LogP contribution in [0.5, 0.6) is 0 Å². The van der Waals surface area contributed by atoms with Crippen molar-refractivity contribution in [3.63, 3.8) is 0 Å². The molecule has 6 nitrogen and oxygen atoms in total. The van der Waals surface area contributed by atoms with Crippen molar-refractivity contribution < 1.29 is 17.9 Å². The van der Waals surface area contributed by atoms with E-state index >= 15 is 0 Å². The average molecular weight is 363 g/mol. The Labute approximate surface area is 126 Å². The predicted octanol–water partition coefficient (Wildman–Crippen LogP) is 1.56. The number of ether oxygens (including phenoxy) is 1. The van der Waals surface area contributed by atoms with Crippen LogP contribution in [0.1, 0.15) is 19.3 Å². The van der Waals surface area contributed by atoms with E-state index in [4.69, 9.17) is 4.74 Å². The second-order valence-electron chi connectivity index (χ2n) is 4.49. The van der Waals surface area contributed by atoms with Crippen LogP contribution in [-0.2, 0) is 19.6 Å². The van der Waals surface area contributed by atoms with Crippen molar-refractivity contribution in [1.29, 1.82) is 0 Å². The normalized spacial score (nSPS) is 20.6. The third-order valence-corrected chi connectivity index (χ3v) is 5.52. The zero-order chi connectivity index (χ0) is 14.8. The Morgan fingerprint density at radius 1 is 1.45 bits per heavy atom. The van der Waals surface area contributed by atoms with Crippen molar-refractivity contribution in [2.24, 2.45) is 0 Å². The van der Waals surface area contributed by atoms with E-state index in [1.807, 2.05) is 0 Å². The maximum atomic E-state index is 12.6. The van der Waals surface area contributed by atoms with Gasteiger partial charge in [0.25, 0.3) is 0 Å². The highest BCUT2D eigenvalue weighted by molar-refractivity contribution is 9.10. The molecule has 0 unspecified atom stereocenters. The molecule has 0 aliphatic carbocycles. The van der Waals surface area contributed by atoms with Crippen molar-refractivity contribution >= 4 is 31.9 Å². The molecule has 2 heterocycles. The number of nitrogens with zero attached hydrogens (tertiary/aromatic N) is 2. The van der Waals surface area contributed by atoms with Gasteiger partial charge in [-0.05, 0) is 41.3 Å². The first-order chi connectivity index (χ1) is 9.46. The molecule has 1 aromatic rings. The van der Waals surface area contributed by atoms with Crippen molar-refractivity contribution in [3.8, 4) is 0 Å². The summed E-state index contributed by atoms with van der Waals surface area (Å²) in [5.41, 5.74) is 0. The molecule has 0 N–H and O–H groups in total. The molecule has 0 amide bonds. The summed E-state index contributed by atoms with van der Waals surface area (Å²) in [5, 5.41) is 0.